The predicted molar refractivity (Wildman–Crippen MR) is 60.6 cm³/mol. The number of benzene rings is 1. The average Bonchev–Trinajstić information content (AvgIpc) is 2.15. The van der Waals surface area contributed by atoms with Gasteiger partial charge >= 0.3 is 5.97 Å². The van der Waals surface area contributed by atoms with Crippen molar-refractivity contribution >= 4 is 11.7 Å². The van der Waals surface area contributed by atoms with E-state index in [0.29, 0.717) is 24.3 Å². The first-order valence-corrected chi connectivity index (χ1v) is 5.27. The second-order valence-corrected chi connectivity index (χ2v) is 4.20. The standard InChI is InChI=1S/C12H15NO3/c1-16-10-4-3-8(7-9(10)13)12(11(14)15)5-2-6-12/h3-4,7H,2,5-6,13H2,1H3,(H,14,15). The van der Waals surface area contributed by atoms with Crippen LogP contribution in [-0.4, -0.2) is 18.2 Å². The number of rotatable bonds is 3. The Labute approximate surface area is 94.0 Å². The number of methoxy groups -OCH3 is 1. The van der Waals surface area contributed by atoms with E-state index >= 15 is 0 Å². The van der Waals surface area contributed by atoms with Crippen LogP contribution in [0.1, 0.15) is 24.8 Å². The molecule has 3 N–H and O–H groups in total. The van der Waals surface area contributed by atoms with Gasteiger partial charge in [-0.2, -0.15) is 0 Å². The molecular weight excluding hydrogens is 206 g/mol. The molecule has 2 rings (SSSR count). The third-order valence-corrected chi connectivity index (χ3v) is 3.40. The molecule has 0 saturated heterocycles. The van der Waals surface area contributed by atoms with Crippen LogP contribution in [0.3, 0.4) is 0 Å². The van der Waals surface area contributed by atoms with Gasteiger partial charge < -0.3 is 15.6 Å². The van der Waals surface area contributed by atoms with Gasteiger partial charge in [-0.3, -0.25) is 4.79 Å². The van der Waals surface area contributed by atoms with Crippen LogP contribution in [0.4, 0.5) is 5.69 Å². The molecule has 0 aromatic heterocycles. The minimum Gasteiger partial charge on any atom is -0.495 e. The summed E-state index contributed by atoms with van der Waals surface area (Å²) in [6, 6.07) is 5.24. The van der Waals surface area contributed by atoms with E-state index in [1.807, 2.05) is 0 Å². The second kappa shape index (κ2) is 3.70. The van der Waals surface area contributed by atoms with Gasteiger partial charge in [0.1, 0.15) is 5.75 Å². The molecule has 1 aliphatic carbocycles. The Morgan fingerprint density at radius 1 is 1.50 bits per heavy atom. The van der Waals surface area contributed by atoms with Gasteiger partial charge in [0.25, 0.3) is 0 Å². The molecule has 1 aromatic rings. The Morgan fingerprint density at radius 3 is 2.56 bits per heavy atom. The lowest BCUT2D eigenvalue weighted by Crippen LogP contribution is -2.42. The highest BCUT2D eigenvalue weighted by atomic mass is 16.5. The van der Waals surface area contributed by atoms with E-state index in [2.05, 4.69) is 0 Å². The molecule has 0 heterocycles. The van der Waals surface area contributed by atoms with Gasteiger partial charge in [0.05, 0.1) is 18.2 Å². The molecule has 4 heteroatoms. The van der Waals surface area contributed by atoms with Crippen LogP contribution < -0.4 is 10.5 Å². The smallest absolute Gasteiger partial charge is 0.314 e. The molecule has 0 spiro atoms. The Morgan fingerprint density at radius 2 is 2.19 bits per heavy atom. The fourth-order valence-electron chi connectivity index (χ4n) is 2.19. The van der Waals surface area contributed by atoms with Crippen molar-refractivity contribution in [2.24, 2.45) is 0 Å². The van der Waals surface area contributed by atoms with Crippen LogP contribution in [-0.2, 0) is 10.2 Å². The quantitative estimate of drug-likeness (QED) is 0.763. The van der Waals surface area contributed by atoms with Crippen LogP contribution in [0, 0.1) is 0 Å². The number of carboxylic acids is 1. The Bertz CT molecular complexity index is 424. The lowest BCUT2D eigenvalue weighted by atomic mass is 9.64. The van der Waals surface area contributed by atoms with Gasteiger partial charge in [-0.25, -0.2) is 0 Å². The SMILES string of the molecule is COc1ccc(C2(C(=O)O)CCC2)cc1N. The molecule has 0 bridgehead atoms. The molecule has 1 aromatic carbocycles. The van der Waals surface area contributed by atoms with Crippen LogP contribution in [0.5, 0.6) is 5.75 Å². The molecule has 0 aliphatic heterocycles. The monoisotopic (exact) mass is 221 g/mol. The molecule has 0 amide bonds. The minimum atomic E-state index is -0.761. The van der Waals surface area contributed by atoms with Crippen LogP contribution in [0.2, 0.25) is 0 Å². The summed E-state index contributed by atoms with van der Waals surface area (Å²) in [6.45, 7) is 0. The second-order valence-electron chi connectivity index (χ2n) is 4.20. The van der Waals surface area contributed by atoms with E-state index in [0.717, 1.165) is 12.0 Å². The summed E-state index contributed by atoms with van der Waals surface area (Å²) in [4.78, 5) is 11.3. The number of carbonyl (C=O) groups is 1. The van der Waals surface area contributed by atoms with Crippen molar-refractivity contribution in [1.29, 1.82) is 0 Å². The maximum atomic E-state index is 11.3. The van der Waals surface area contributed by atoms with E-state index in [1.54, 1.807) is 25.3 Å². The van der Waals surface area contributed by atoms with Gasteiger partial charge in [0, 0.05) is 0 Å². The number of carboxylic acid groups (broad SMARTS) is 1. The molecule has 16 heavy (non-hydrogen) atoms. The number of nitrogen functional groups attached to an aromatic ring is 1. The number of nitrogens with two attached hydrogens (primary N) is 1. The van der Waals surface area contributed by atoms with Gasteiger partial charge in [-0.05, 0) is 30.5 Å². The number of anilines is 1. The first-order chi connectivity index (χ1) is 7.60. The highest BCUT2D eigenvalue weighted by Crippen LogP contribution is 2.45. The number of hydrogen-bond donors (Lipinski definition) is 2. The third-order valence-electron chi connectivity index (χ3n) is 3.40. The largest absolute Gasteiger partial charge is 0.495 e. The fourth-order valence-corrected chi connectivity index (χ4v) is 2.19. The molecule has 1 aliphatic rings. The molecular formula is C12H15NO3. The third kappa shape index (κ3) is 1.41. The summed E-state index contributed by atoms with van der Waals surface area (Å²) in [7, 11) is 1.54. The number of aliphatic carboxylic acids is 1. The predicted octanol–water partition coefficient (Wildman–Crippen LogP) is 1.78. The van der Waals surface area contributed by atoms with Crippen molar-refractivity contribution in [3.63, 3.8) is 0 Å². The molecule has 1 fully saturated rings. The Kier molecular flexibility index (Phi) is 2.50. The normalized spacial score (nSPS) is 17.6. The maximum absolute atomic E-state index is 11.3. The zero-order valence-corrected chi connectivity index (χ0v) is 9.19. The average molecular weight is 221 g/mol. The summed E-state index contributed by atoms with van der Waals surface area (Å²) in [5, 5.41) is 9.28. The zero-order chi connectivity index (χ0) is 11.8. The lowest BCUT2D eigenvalue weighted by molar-refractivity contribution is -0.147. The van der Waals surface area contributed by atoms with E-state index in [4.69, 9.17) is 10.5 Å². The van der Waals surface area contributed by atoms with Crippen molar-refractivity contribution in [1.82, 2.24) is 0 Å². The summed E-state index contributed by atoms with van der Waals surface area (Å²) in [5.74, 6) is -0.174. The fraction of sp³-hybridized carbons (Fsp3) is 0.417. The zero-order valence-electron chi connectivity index (χ0n) is 9.19. The Balaban J connectivity index is 2.40. The van der Waals surface area contributed by atoms with Crippen molar-refractivity contribution in [3.8, 4) is 5.75 Å². The van der Waals surface area contributed by atoms with Crippen molar-refractivity contribution < 1.29 is 14.6 Å². The van der Waals surface area contributed by atoms with Crippen LogP contribution in [0.15, 0.2) is 18.2 Å². The van der Waals surface area contributed by atoms with E-state index in [9.17, 15) is 9.90 Å². The minimum absolute atomic E-state index is 0.493. The molecule has 86 valence electrons. The van der Waals surface area contributed by atoms with Gasteiger partial charge in [-0.1, -0.05) is 12.5 Å². The first kappa shape index (κ1) is 10.8. The first-order valence-electron chi connectivity index (χ1n) is 5.27. The molecule has 0 atom stereocenters. The molecule has 0 radical (unpaired) electrons. The topological polar surface area (TPSA) is 72.5 Å². The lowest BCUT2D eigenvalue weighted by Gasteiger charge is -2.38. The highest BCUT2D eigenvalue weighted by Gasteiger charge is 2.46. The molecule has 0 unspecified atom stereocenters. The summed E-state index contributed by atoms with van der Waals surface area (Å²) >= 11 is 0. The van der Waals surface area contributed by atoms with Gasteiger partial charge in [0.2, 0.25) is 0 Å². The summed E-state index contributed by atoms with van der Waals surface area (Å²) in [5.41, 5.74) is 6.34. The van der Waals surface area contributed by atoms with E-state index < -0.39 is 11.4 Å². The number of ether oxygens (including phenoxy) is 1. The Hall–Kier alpha value is -1.71. The van der Waals surface area contributed by atoms with E-state index in [1.165, 1.54) is 0 Å². The van der Waals surface area contributed by atoms with Crippen molar-refractivity contribution in [2.45, 2.75) is 24.7 Å². The molecule has 1 saturated carbocycles. The van der Waals surface area contributed by atoms with Gasteiger partial charge in [0.15, 0.2) is 0 Å². The van der Waals surface area contributed by atoms with E-state index in [-0.39, 0.29) is 0 Å². The van der Waals surface area contributed by atoms with Crippen molar-refractivity contribution in [3.05, 3.63) is 23.8 Å². The maximum Gasteiger partial charge on any atom is 0.314 e. The summed E-state index contributed by atoms with van der Waals surface area (Å²) in [6.07, 6.45) is 2.33. The number of hydrogen-bond acceptors (Lipinski definition) is 3. The molecule has 4 nitrogen and oxygen atoms in total. The van der Waals surface area contributed by atoms with Crippen LogP contribution in [0.25, 0.3) is 0 Å². The highest BCUT2D eigenvalue weighted by molar-refractivity contribution is 5.83. The van der Waals surface area contributed by atoms with Crippen LogP contribution >= 0.6 is 0 Å². The van der Waals surface area contributed by atoms with Gasteiger partial charge in [-0.15, -0.1) is 0 Å². The summed E-state index contributed by atoms with van der Waals surface area (Å²) < 4.78 is 5.05. The van der Waals surface area contributed by atoms with Crippen molar-refractivity contribution in [2.75, 3.05) is 12.8 Å².